The number of nitrogens with zero attached hydrogens (tertiary/aromatic N) is 2. The van der Waals surface area contributed by atoms with Gasteiger partial charge in [-0.3, -0.25) is 9.48 Å². The van der Waals surface area contributed by atoms with Crippen LogP contribution in [-0.4, -0.2) is 38.8 Å². The molecule has 0 aliphatic rings. The molecule has 1 atom stereocenters. The van der Waals surface area contributed by atoms with Gasteiger partial charge in [0.15, 0.2) is 0 Å². The lowest BCUT2D eigenvalue weighted by atomic mass is 10.2. The first-order valence-corrected chi connectivity index (χ1v) is 5.84. The van der Waals surface area contributed by atoms with Crippen LogP contribution < -0.4 is 16.4 Å². The predicted octanol–water partition coefficient (Wildman–Crippen LogP) is -1.14. The highest BCUT2D eigenvalue weighted by Crippen LogP contribution is 2.04. The van der Waals surface area contributed by atoms with E-state index >= 15 is 0 Å². The van der Waals surface area contributed by atoms with E-state index in [1.165, 1.54) is 0 Å². The van der Waals surface area contributed by atoms with Gasteiger partial charge in [0.1, 0.15) is 6.04 Å². The summed E-state index contributed by atoms with van der Waals surface area (Å²) in [6.07, 6.45) is 1.14. The summed E-state index contributed by atoms with van der Waals surface area (Å²) in [6, 6.07) is -2.04. The maximum atomic E-state index is 11.6. The molecular formula is C11H17N5O4. The molecule has 3 amide bonds. The molecule has 1 heterocycles. The number of nitrogens with two attached hydrogens (primary N) is 1. The zero-order valence-corrected chi connectivity index (χ0v) is 11.2. The number of hydrogen-bond acceptors (Lipinski definition) is 4. The van der Waals surface area contributed by atoms with Crippen LogP contribution in [0, 0.1) is 6.92 Å². The van der Waals surface area contributed by atoms with Gasteiger partial charge in [-0.15, -0.1) is 0 Å². The van der Waals surface area contributed by atoms with E-state index in [0.29, 0.717) is 0 Å². The van der Waals surface area contributed by atoms with E-state index in [9.17, 15) is 14.4 Å². The van der Waals surface area contributed by atoms with Crippen LogP contribution in [0.5, 0.6) is 0 Å². The van der Waals surface area contributed by atoms with Gasteiger partial charge in [0, 0.05) is 24.8 Å². The number of carbonyl (C=O) groups is 3. The number of carboxylic acid groups (broad SMARTS) is 1. The molecule has 1 unspecified atom stereocenters. The van der Waals surface area contributed by atoms with Crippen molar-refractivity contribution in [3.63, 3.8) is 0 Å². The topological polar surface area (TPSA) is 139 Å². The van der Waals surface area contributed by atoms with Crippen molar-refractivity contribution < 1.29 is 19.5 Å². The summed E-state index contributed by atoms with van der Waals surface area (Å²) in [5.74, 6) is -2.13. The number of hydrogen-bond donors (Lipinski definition) is 4. The van der Waals surface area contributed by atoms with Gasteiger partial charge in [-0.2, -0.15) is 5.10 Å². The van der Waals surface area contributed by atoms with Crippen molar-refractivity contribution >= 4 is 17.9 Å². The molecule has 1 aromatic rings. The smallest absolute Gasteiger partial charge is 0.326 e. The van der Waals surface area contributed by atoms with Gasteiger partial charge >= 0.3 is 12.0 Å². The average molecular weight is 283 g/mol. The molecule has 110 valence electrons. The minimum atomic E-state index is -1.34. The fourth-order valence-electron chi connectivity index (χ4n) is 1.50. The first kappa shape index (κ1) is 15.5. The molecule has 20 heavy (non-hydrogen) atoms. The second-order valence-corrected chi connectivity index (χ2v) is 4.27. The summed E-state index contributed by atoms with van der Waals surface area (Å²) in [5.41, 5.74) is 6.61. The molecule has 0 saturated carbocycles. The highest BCUT2D eigenvalue weighted by molar-refractivity contribution is 5.87. The number of aryl methyl sites for hydroxylation is 1. The minimum Gasteiger partial charge on any atom is -0.480 e. The number of carboxylic acids is 1. The molecule has 9 nitrogen and oxygen atoms in total. The van der Waals surface area contributed by atoms with E-state index in [1.54, 1.807) is 17.9 Å². The molecule has 0 bridgehead atoms. The molecule has 0 aliphatic heterocycles. The second-order valence-electron chi connectivity index (χ2n) is 4.27. The van der Waals surface area contributed by atoms with Crippen molar-refractivity contribution in [2.45, 2.75) is 25.9 Å². The second kappa shape index (κ2) is 6.55. The molecule has 0 aromatic carbocycles. The summed E-state index contributed by atoms with van der Waals surface area (Å²) in [6.45, 7) is 2.05. The highest BCUT2D eigenvalue weighted by Gasteiger charge is 2.22. The molecule has 1 aromatic heterocycles. The van der Waals surface area contributed by atoms with Crippen LogP contribution in [0.25, 0.3) is 0 Å². The third kappa shape index (κ3) is 4.26. The third-order valence-corrected chi connectivity index (χ3v) is 2.79. The number of aliphatic carboxylic acids is 1. The molecule has 0 radical (unpaired) electrons. The Bertz CT molecular complexity index is 525. The lowest BCUT2D eigenvalue weighted by Gasteiger charge is -2.13. The molecule has 0 saturated heterocycles. The molecule has 9 heteroatoms. The number of primary amides is 1. The zero-order chi connectivity index (χ0) is 15.3. The van der Waals surface area contributed by atoms with Crippen molar-refractivity contribution in [2.24, 2.45) is 12.8 Å². The van der Waals surface area contributed by atoms with Crippen LogP contribution in [0.4, 0.5) is 4.79 Å². The van der Waals surface area contributed by atoms with Crippen LogP contribution in [0.15, 0.2) is 6.20 Å². The first-order chi connectivity index (χ1) is 9.31. The number of carbonyl (C=O) groups excluding carboxylic acids is 2. The SMILES string of the molecule is Cc1c(CNC(=O)NC(CC(N)=O)C(=O)O)cnn1C. The van der Waals surface area contributed by atoms with Crippen molar-refractivity contribution in [3.8, 4) is 0 Å². The average Bonchev–Trinajstić information content (AvgIpc) is 2.66. The molecule has 0 aliphatic carbocycles. The standard InChI is InChI=1S/C11H17N5O4/c1-6-7(5-14-16(6)2)4-13-11(20)15-8(10(18)19)3-9(12)17/h5,8H,3-4H2,1-2H3,(H2,12,17)(H,18,19)(H2,13,15,20). The minimum absolute atomic E-state index is 0.203. The lowest BCUT2D eigenvalue weighted by Crippen LogP contribution is -2.47. The summed E-state index contributed by atoms with van der Waals surface area (Å²) >= 11 is 0. The maximum Gasteiger partial charge on any atom is 0.326 e. The van der Waals surface area contributed by atoms with Crippen LogP contribution in [-0.2, 0) is 23.2 Å². The third-order valence-electron chi connectivity index (χ3n) is 2.79. The quantitative estimate of drug-likeness (QED) is 0.522. The highest BCUT2D eigenvalue weighted by atomic mass is 16.4. The van der Waals surface area contributed by atoms with E-state index < -0.39 is 30.4 Å². The van der Waals surface area contributed by atoms with Crippen molar-refractivity contribution in [1.29, 1.82) is 0 Å². The molecule has 0 spiro atoms. The number of amides is 3. The Labute approximate surface area is 115 Å². The largest absolute Gasteiger partial charge is 0.480 e. The zero-order valence-electron chi connectivity index (χ0n) is 11.2. The van der Waals surface area contributed by atoms with Gasteiger partial charge in [0.25, 0.3) is 0 Å². The van der Waals surface area contributed by atoms with E-state index in [0.717, 1.165) is 11.3 Å². The number of rotatable bonds is 6. The van der Waals surface area contributed by atoms with Gasteiger partial charge in [0.05, 0.1) is 12.6 Å². The summed E-state index contributed by atoms with van der Waals surface area (Å²) in [7, 11) is 1.77. The van der Waals surface area contributed by atoms with Gasteiger partial charge in [0.2, 0.25) is 5.91 Å². The van der Waals surface area contributed by atoms with Crippen LogP contribution in [0.2, 0.25) is 0 Å². The first-order valence-electron chi connectivity index (χ1n) is 5.84. The summed E-state index contributed by atoms with van der Waals surface area (Å²) in [4.78, 5) is 33.1. The normalized spacial score (nSPS) is 11.7. The summed E-state index contributed by atoms with van der Waals surface area (Å²) in [5, 5.41) is 17.5. The Morgan fingerprint density at radius 3 is 2.60 bits per heavy atom. The van der Waals surface area contributed by atoms with E-state index in [4.69, 9.17) is 10.8 Å². The van der Waals surface area contributed by atoms with Crippen molar-refractivity contribution in [1.82, 2.24) is 20.4 Å². The maximum absolute atomic E-state index is 11.6. The Balaban J connectivity index is 2.52. The lowest BCUT2D eigenvalue weighted by molar-refractivity contribution is -0.140. The fraction of sp³-hybridized carbons (Fsp3) is 0.455. The van der Waals surface area contributed by atoms with Gasteiger partial charge in [-0.25, -0.2) is 9.59 Å². The van der Waals surface area contributed by atoms with E-state index in [-0.39, 0.29) is 6.54 Å². The molecule has 5 N–H and O–H groups in total. The monoisotopic (exact) mass is 283 g/mol. The van der Waals surface area contributed by atoms with Crippen molar-refractivity contribution in [3.05, 3.63) is 17.5 Å². The van der Waals surface area contributed by atoms with Crippen LogP contribution >= 0.6 is 0 Å². The van der Waals surface area contributed by atoms with E-state index in [2.05, 4.69) is 15.7 Å². The van der Waals surface area contributed by atoms with Gasteiger partial charge in [-0.1, -0.05) is 0 Å². The number of nitrogens with one attached hydrogen (secondary N) is 2. The Hall–Kier alpha value is -2.58. The van der Waals surface area contributed by atoms with Crippen molar-refractivity contribution in [2.75, 3.05) is 0 Å². The Morgan fingerprint density at radius 1 is 1.50 bits per heavy atom. The predicted molar refractivity (Wildman–Crippen MR) is 68.6 cm³/mol. The Morgan fingerprint density at radius 2 is 2.15 bits per heavy atom. The number of aromatic nitrogens is 2. The van der Waals surface area contributed by atoms with E-state index in [1.807, 2.05) is 6.92 Å². The molecular weight excluding hydrogens is 266 g/mol. The van der Waals surface area contributed by atoms with Crippen LogP contribution in [0.1, 0.15) is 17.7 Å². The van der Waals surface area contributed by atoms with Gasteiger partial charge in [-0.05, 0) is 6.92 Å². The van der Waals surface area contributed by atoms with Crippen LogP contribution in [0.3, 0.4) is 0 Å². The Kier molecular flexibility index (Phi) is 5.07. The molecule has 1 rings (SSSR count). The van der Waals surface area contributed by atoms with Gasteiger partial charge < -0.3 is 21.5 Å². The number of urea groups is 1. The fourth-order valence-corrected chi connectivity index (χ4v) is 1.50. The summed E-state index contributed by atoms with van der Waals surface area (Å²) < 4.78 is 1.65. The molecule has 0 fully saturated rings.